The molecule has 0 saturated heterocycles. The van der Waals surface area contributed by atoms with Gasteiger partial charge in [-0.15, -0.1) is 0 Å². The monoisotopic (exact) mass is 502 g/mol. The van der Waals surface area contributed by atoms with Crippen LogP contribution in [0.3, 0.4) is 0 Å². The first-order valence-corrected chi connectivity index (χ1v) is 13.0. The minimum atomic E-state index is -3.96. The van der Waals surface area contributed by atoms with Crippen LogP contribution >= 0.6 is 11.6 Å². The molecule has 0 fully saturated rings. The van der Waals surface area contributed by atoms with E-state index in [1.807, 2.05) is 0 Å². The van der Waals surface area contributed by atoms with Crippen LogP contribution in [0.15, 0.2) is 120 Å². The van der Waals surface area contributed by atoms with Crippen LogP contribution in [-0.4, -0.2) is 20.0 Å². The van der Waals surface area contributed by atoms with Gasteiger partial charge in [0.05, 0.1) is 16.1 Å². The Bertz CT molecular complexity index is 1350. The molecule has 0 N–H and O–H groups in total. The molecule has 35 heavy (non-hydrogen) atoms. The first-order chi connectivity index (χ1) is 16.9. The fourth-order valence-corrected chi connectivity index (χ4v) is 5.98. The Balaban J connectivity index is 1.82. The third kappa shape index (κ3) is 5.59. The molecule has 4 aromatic carbocycles. The summed E-state index contributed by atoms with van der Waals surface area (Å²) in [5.41, 5.74) is 1.23. The summed E-state index contributed by atoms with van der Waals surface area (Å²) in [6.45, 7) is 0. The molecule has 4 rings (SSSR count). The van der Waals surface area contributed by atoms with Crippen molar-refractivity contribution in [2.24, 2.45) is 5.92 Å². The summed E-state index contributed by atoms with van der Waals surface area (Å²) in [5, 5.41) is -0.702. The number of halogens is 1. The second-order valence-corrected chi connectivity index (χ2v) is 10.7. The maximum atomic E-state index is 13.8. The molecule has 176 valence electrons. The quantitative estimate of drug-likeness (QED) is 0.190. The van der Waals surface area contributed by atoms with Gasteiger partial charge in [0.25, 0.3) is 0 Å². The Kier molecular flexibility index (Phi) is 7.59. The van der Waals surface area contributed by atoms with E-state index in [0.717, 1.165) is 0 Å². The SMILES string of the molecule is O=C(c1ccccc1)C(CC(c1ccccc1)S(=O)(=O)c1ccc(Cl)cc1)C(=O)c1ccccc1. The van der Waals surface area contributed by atoms with Gasteiger partial charge in [0, 0.05) is 16.1 Å². The number of hydrogen-bond acceptors (Lipinski definition) is 4. The molecule has 0 spiro atoms. The van der Waals surface area contributed by atoms with Crippen molar-refractivity contribution in [2.75, 3.05) is 0 Å². The van der Waals surface area contributed by atoms with Crippen molar-refractivity contribution >= 4 is 33.0 Å². The Morgan fingerprint density at radius 2 is 1.06 bits per heavy atom. The fraction of sp³-hybridized carbons (Fsp3) is 0.103. The van der Waals surface area contributed by atoms with Crippen LogP contribution in [-0.2, 0) is 9.84 Å². The lowest BCUT2D eigenvalue weighted by Gasteiger charge is -2.23. The molecule has 4 nitrogen and oxygen atoms in total. The number of carbonyl (C=O) groups is 2. The van der Waals surface area contributed by atoms with E-state index >= 15 is 0 Å². The molecule has 0 heterocycles. The summed E-state index contributed by atoms with van der Waals surface area (Å²) in [6, 6.07) is 31.6. The lowest BCUT2D eigenvalue weighted by molar-refractivity contribution is 0.0798. The third-order valence-electron chi connectivity index (χ3n) is 5.89. The van der Waals surface area contributed by atoms with Crippen molar-refractivity contribution in [2.45, 2.75) is 16.6 Å². The van der Waals surface area contributed by atoms with E-state index in [1.165, 1.54) is 24.3 Å². The van der Waals surface area contributed by atoms with E-state index in [4.69, 9.17) is 11.6 Å². The van der Waals surface area contributed by atoms with Crippen LogP contribution in [0.25, 0.3) is 0 Å². The summed E-state index contributed by atoms with van der Waals surface area (Å²) < 4.78 is 27.7. The maximum absolute atomic E-state index is 13.8. The van der Waals surface area contributed by atoms with Crippen LogP contribution in [0.2, 0.25) is 5.02 Å². The molecule has 4 aromatic rings. The summed E-state index contributed by atoms with van der Waals surface area (Å²) in [5.74, 6) is -2.01. The van der Waals surface area contributed by atoms with Gasteiger partial charge in [0.2, 0.25) is 0 Å². The van der Waals surface area contributed by atoms with Crippen molar-refractivity contribution in [3.05, 3.63) is 137 Å². The summed E-state index contributed by atoms with van der Waals surface area (Å²) in [7, 11) is -3.96. The van der Waals surface area contributed by atoms with E-state index < -0.39 is 32.6 Å². The number of hydrogen-bond donors (Lipinski definition) is 0. The molecule has 0 amide bonds. The number of rotatable bonds is 9. The van der Waals surface area contributed by atoms with Gasteiger partial charge in [0.1, 0.15) is 0 Å². The van der Waals surface area contributed by atoms with Gasteiger partial charge in [0.15, 0.2) is 21.4 Å². The Hall–Kier alpha value is -3.54. The summed E-state index contributed by atoms with van der Waals surface area (Å²) >= 11 is 5.98. The normalized spacial score (nSPS) is 12.3. The summed E-state index contributed by atoms with van der Waals surface area (Å²) in [4.78, 5) is 27.3. The molecule has 0 saturated carbocycles. The second kappa shape index (κ2) is 10.8. The lowest BCUT2D eigenvalue weighted by atomic mass is 9.85. The average Bonchev–Trinajstić information content (AvgIpc) is 2.90. The largest absolute Gasteiger partial charge is 0.293 e. The standard InChI is InChI=1S/C29H23ClO4S/c30-24-16-18-25(19-17-24)35(33,34)27(21-10-4-1-5-11-21)20-26(28(31)22-12-6-2-7-13-22)29(32)23-14-8-3-9-15-23/h1-19,26-27H,20H2. The molecule has 0 bridgehead atoms. The first kappa shape index (κ1) is 24.6. The fourth-order valence-electron chi connectivity index (χ4n) is 4.05. The van der Waals surface area contributed by atoms with Crippen molar-refractivity contribution in [1.82, 2.24) is 0 Å². The Morgan fingerprint density at radius 3 is 1.51 bits per heavy atom. The van der Waals surface area contributed by atoms with Crippen LogP contribution in [0.5, 0.6) is 0 Å². The van der Waals surface area contributed by atoms with E-state index in [0.29, 0.717) is 21.7 Å². The van der Waals surface area contributed by atoms with Gasteiger partial charge >= 0.3 is 0 Å². The maximum Gasteiger partial charge on any atom is 0.185 e. The number of carbonyl (C=O) groups excluding carboxylic acids is 2. The minimum absolute atomic E-state index is 0.0776. The van der Waals surface area contributed by atoms with Gasteiger partial charge in [-0.25, -0.2) is 8.42 Å². The molecule has 6 heteroatoms. The topological polar surface area (TPSA) is 68.3 Å². The average molecular weight is 503 g/mol. The van der Waals surface area contributed by atoms with Crippen LogP contribution in [0.1, 0.15) is 38.0 Å². The van der Waals surface area contributed by atoms with Crippen LogP contribution in [0.4, 0.5) is 0 Å². The summed E-state index contributed by atoms with van der Waals surface area (Å²) in [6.07, 6.45) is -0.198. The molecule has 0 radical (unpaired) electrons. The van der Waals surface area contributed by atoms with E-state index in [9.17, 15) is 18.0 Å². The van der Waals surface area contributed by atoms with Gasteiger partial charge in [-0.3, -0.25) is 9.59 Å². The van der Waals surface area contributed by atoms with E-state index in [-0.39, 0.29) is 11.3 Å². The van der Waals surface area contributed by atoms with Crippen LogP contribution in [0, 0.1) is 5.92 Å². The highest BCUT2D eigenvalue weighted by Crippen LogP contribution is 2.36. The third-order valence-corrected chi connectivity index (χ3v) is 8.28. The van der Waals surface area contributed by atoms with Crippen molar-refractivity contribution < 1.29 is 18.0 Å². The number of sulfone groups is 1. The molecule has 1 atom stereocenters. The lowest BCUT2D eigenvalue weighted by Crippen LogP contribution is -2.29. The van der Waals surface area contributed by atoms with Gasteiger partial charge in [-0.1, -0.05) is 103 Å². The van der Waals surface area contributed by atoms with Crippen LogP contribution < -0.4 is 0 Å². The molecular formula is C29H23ClO4S. The second-order valence-electron chi connectivity index (χ2n) is 8.15. The van der Waals surface area contributed by atoms with Crippen molar-refractivity contribution in [3.63, 3.8) is 0 Å². The zero-order valence-corrected chi connectivity index (χ0v) is 20.3. The van der Waals surface area contributed by atoms with Gasteiger partial charge in [-0.05, 0) is 36.2 Å². The highest BCUT2D eigenvalue weighted by molar-refractivity contribution is 7.91. The predicted octanol–water partition coefficient (Wildman–Crippen LogP) is 6.63. The highest BCUT2D eigenvalue weighted by Gasteiger charge is 2.37. The Labute approximate surface area is 210 Å². The minimum Gasteiger partial charge on any atom is -0.293 e. The van der Waals surface area contributed by atoms with Gasteiger partial charge < -0.3 is 0 Å². The number of ketones is 2. The predicted molar refractivity (Wildman–Crippen MR) is 137 cm³/mol. The molecule has 0 aliphatic rings. The van der Waals surface area contributed by atoms with Crippen molar-refractivity contribution in [3.8, 4) is 0 Å². The number of Topliss-reactive ketones (excluding diaryl/α,β-unsaturated/α-hetero) is 2. The molecule has 0 aliphatic carbocycles. The molecular weight excluding hydrogens is 480 g/mol. The smallest absolute Gasteiger partial charge is 0.185 e. The Morgan fingerprint density at radius 1 is 0.629 bits per heavy atom. The van der Waals surface area contributed by atoms with E-state index in [1.54, 1.807) is 91.0 Å². The van der Waals surface area contributed by atoms with E-state index in [2.05, 4.69) is 0 Å². The zero-order chi connectivity index (χ0) is 24.8. The molecule has 0 aliphatic heterocycles. The molecule has 0 aromatic heterocycles. The first-order valence-electron chi connectivity index (χ1n) is 11.1. The zero-order valence-electron chi connectivity index (χ0n) is 18.8. The van der Waals surface area contributed by atoms with Crippen molar-refractivity contribution in [1.29, 1.82) is 0 Å². The number of benzene rings is 4. The molecule has 1 unspecified atom stereocenters. The van der Waals surface area contributed by atoms with Gasteiger partial charge in [-0.2, -0.15) is 0 Å². The highest BCUT2D eigenvalue weighted by atomic mass is 35.5.